The molecule has 19 heavy (non-hydrogen) atoms. The Labute approximate surface area is 118 Å². The largest absolute Gasteiger partial charge is 0.494 e. The molecule has 1 N–H and O–H groups in total. The molecule has 0 radical (unpaired) electrons. The standard InChI is InChI=1S/C14H19N3OS/c1-3-9-18-12-7-5-11(6-8-12)10-19-14-15-13(4-2)16-17-14/h5-8H,3-4,9-10H2,1-2H3,(H,15,16,17). The Bertz CT molecular complexity index is 496. The van der Waals surface area contributed by atoms with Crippen LogP contribution < -0.4 is 4.74 Å². The van der Waals surface area contributed by atoms with Gasteiger partial charge in [0.1, 0.15) is 11.6 Å². The molecule has 0 saturated heterocycles. The van der Waals surface area contributed by atoms with Crippen molar-refractivity contribution in [2.45, 2.75) is 37.6 Å². The van der Waals surface area contributed by atoms with Crippen LogP contribution in [0.25, 0.3) is 0 Å². The summed E-state index contributed by atoms with van der Waals surface area (Å²) in [5.74, 6) is 2.74. The number of hydrogen-bond acceptors (Lipinski definition) is 4. The molecule has 0 fully saturated rings. The number of H-pyrrole nitrogens is 1. The van der Waals surface area contributed by atoms with Gasteiger partial charge in [-0.3, -0.25) is 5.10 Å². The van der Waals surface area contributed by atoms with E-state index in [1.165, 1.54) is 5.56 Å². The lowest BCUT2D eigenvalue weighted by molar-refractivity contribution is 0.317. The molecule has 0 bridgehead atoms. The molecule has 4 nitrogen and oxygen atoms in total. The van der Waals surface area contributed by atoms with Gasteiger partial charge in [-0.2, -0.15) is 0 Å². The SMILES string of the molecule is CCCOc1ccc(CSc2n[nH]c(CC)n2)cc1. The van der Waals surface area contributed by atoms with Gasteiger partial charge >= 0.3 is 0 Å². The number of aryl methyl sites for hydroxylation is 1. The normalized spacial score (nSPS) is 10.6. The molecule has 5 heteroatoms. The van der Waals surface area contributed by atoms with Gasteiger partial charge in [-0.15, -0.1) is 5.10 Å². The maximum Gasteiger partial charge on any atom is 0.208 e. The van der Waals surface area contributed by atoms with Crippen molar-refractivity contribution in [3.63, 3.8) is 0 Å². The fraction of sp³-hybridized carbons (Fsp3) is 0.429. The first-order valence-corrected chi connectivity index (χ1v) is 7.56. The van der Waals surface area contributed by atoms with Crippen LogP contribution in [0.4, 0.5) is 0 Å². The molecule has 2 rings (SSSR count). The second-order valence-corrected chi connectivity index (χ2v) is 5.14. The summed E-state index contributed by atoms with van der Waals surface area (Å²) < 4.78 is 5.55. The third kappa shape index (κ3) is 4.28. The van der Waals surface area contributed by atoms with Crippen molar-refractivity contribution in [2.24, 2.45) is 0 Å². The quantitative estimate of drug-likeness (QED) is 0.788. The first-order chi connectivity index (χ1) is 9.31. The van der Waals surface area contributed by atoms with E-state index in [1.54, 1.807) is 11.8 Å². The van der Waals surface area contributed by atoms with E-state index in [4.69, 9.17) is 4.74 Å². The van der Waals surface area contributed by atoms with Crippen molar-refractivity contribution in [1.29, 1.82) is 0 Å². The molecule has 0 amide bonds. The Kier molecular flexibility index (Phi) is 5.27. The maximum atomic E-state index is 5.55. The fourth-order valence-electron chi connectivity index (χ4n) is 1.55. The molecule has 0 saturated carbocycles. The Morgan fingerprint density at radius 2 is 2.00 bits per heavy atom. The van der Waals surface area contributed by atoms with Crippen molar-refractivity contribution in [3.05, 3.63) is 35.7 Å². The van der Waals surface area contributed by atoms with E-state index in [-0.39, 0.29) is 0 Å². The van der Waals surface area contributed by atoms with Crippen LogP contribution in [-0.2, 0) is 12.2 Å². The average Bonchev–Trinajstić information content (AvgIpc) is 2.92. The van der Waals surface area contributed by atoms with Gasteiger partial charge in [-0.05, 0) is 24.1 Å². The van der Waals surface area contributed by atoms with Crippen LogP contribution in [0.2, 0.25) is 0 Å². The summed E-state index contributed by atoms with van der Waals surface area (Å²) in [6.07, 6.45) is 1.92. The number of benzene rings is 1. The Hall–Kier alpha value is -1.49. The Balaban J connectivity index is 1.85. The van der Waals surface area contributed by atoms with E-state index in [1.807, 2.05) is 12.1 Å². The molecule has 2 aromatic rings. The fourth-order valence-corrected chi connectivity index (χ4v) is 2.32. The van der Waals surface area contributed by atoms with Crippen LogP contribution in [0.1, 0.15) is 31.7 Å². The lowest BCUT2D eigenvalue weighted by Gasteiger charge is -2.05. The van der Waals surface area contributed by atoms with Gasteiger partial charge in [0.25, 0.3) is 0 Å². The smallest absolute Gasteiger partial charge is 0.208 e. The topological polar surface area (TPSA) is 50.8 Å². The zero-order valence-corrected chi connectivity index (χ0v) is 12.2. The van der Waals surface area contributed by atoms with Crippen molar-refractivity contribution >= 4 is 11.8 Å². The second-order valence-electron chi connectivity index (χ2n) is 4.20. The lowest BCUT2D eigenvalue weighted by atomic mass is 10.2. The minimum absolute atomic E-state index is 0.769. The van der Waals surface area contributed by atoms with E-state index in [2.05, 4.69) is 41.2 Å². The van der Waals surface area contributed by atoms with Crippen LogP contribution in [0.15, 0.2) is 29.4 Å². The number of aromatic amines is 1. The molecule has 0 aliphatic rings. The highest BCUT2D eigenvalue weighted by molar-refractivity contribution is 7.98. The summed E-state index contributed by atoms with van der Waals surface area (Å²) in [6, 6.07) is 8.21. The van der Waals surface area contributed by atoms with Crippen LogP contribution >= 0.6 is 11.8 Å². The molecular weight excluding hydrogens is 258 g/mol. The molecule has 102 valence electrons. The molecule has 0 unspecified atom stereocenters. The minimum Gasteiger partial charge on any atom is -0.494 e. The highest BCUT2D eigenvalue weighted by Gasteiger charge is 2.03. The van der Waals surface area contributed by atoms with E-state index in [9.17, 15) is 0 Å². The molecule has 1 aromatic carbocycles. The predicted octanol–water partition coefficient (Wildman–Crippen LogP) is 3.45. The summed E-state index contributed by atoms with van der Waals surface area (Å²) in [4.78, 5) is 4.37. The van der Waals surface area contributed by atoms with Gasteiger partial charge in [-0.1, -0.05) is 37.7 Å². The van der Waals surface area contributed by atoms with Crippen molar-refractivity contribution in [3.8, 4) is 5.75 Å². The van der Waals surface area contributed by atoms with Gasteiger partial charge < -0.3 is 4.74 Å². The number of rotatable bonds is 7. The Morgan fingerprint density at radius 3 is 2.63 bits per heavy atom. The third-order valence-corrected chi connectivity index (χ3v) is 3.53. The van der Waals surface area contributed by atoms with Gasteiger partial charge in [0.2, 0.25) is 5.16 Å². The summed E-state index contributed by atoms with van der Waals surface area (Å²) in [7, 11) is 0. The zero-order valence-electron chi connectivity index (χ0n) is 11.3. The number of aromatic nitrogens is 3. The van der Waals surface area contributed by atoms with Crippen LogP contribution in [0.3, 0.4) is 0 Å². The lowest BCUT2D eigenvalue weighted by Crippen LogP contribution is -1.94. The van der Waals surface area contributed by atoms with E-state index >= 15 is 0 Å². The van der Waals surface area contributed by atoms with Crippen molar-refractivity contribution < 1.29 is 4.74 Å². The van der Waals surface area contributed by atoms with E-state index in [0.717, 1.165) is 41.9 Å². The molecule has 0 aliphatic carbocycles. The van der Waals surface area contributed by atoms with Crippen molar-refractivity contribution in [2.75, 3.05) is 6.61 Å². The number of nitrogens with one attached hydrogen (secondary N) is 1. The highest BCUT2D eigenvalue weighted by Crippen LogP contribution is 2.21. The predicted molar refractivity (Wildman–Crippen MR) is 77.5 cm³/mol. The molecule has 0 spiro atoms. The van der Waals surface area contributed by atoms with Gasteiger partial charge in [-0.25, -0.2) is 4.98 Å². The molecular formula is C14H19N3OS. The molecule has 0 atom stereocenters. The number of thioether (sulfide) groups is 1. The van der Waals surface area contributed by atoms with E-state index in [0.29, 0.717) is 0 Å². The summed E-state index contributed by atoms with van der Waals surface area (Å²) in [5, 5.41) is 7.89. The van der Waals surface area contributed by atoms with Crippen LogP contribution in [-0.4, -0.2) is 21.8 Å². The van der Waals surface area contributed by atoms with Gasteiger partial charge in [0, 0.05) is 12.2 Å². The highest BCUT2D eigenvalue weighted by atomic mass is 32.2. The number of ether oxygens (including phenoxy) is 1. The van der Waals surface area contributed by atoms with Gasteiger partial charge in [0.05, 0.1) is 6.61 Å². The van der Waals surface area contributed by atoms with Crippen LogP contribution in [0.5, 0.6) is 5.75 Å². The monoisotopic (exact) mass is 277 g/mol. The molecule has 1 heterocycles. The second kappa shape index (κ2) is 7.19. The average molecular weight is 277 g/mol. The summed E-state index contributed by atoms with van der Waals surface area (Å²) >= 11 is 1.64. The van der Waals surface area contributed by atoms with Gasteiger partial charge in [0.15, 0.2) is 0 Å². The molecule has 1 aromatic heterocycles. The zero-order chi connectivity index (χ0) is 13.5. The van der Waals surface area contributed by atoms with Crippen LogP contribution in [0, 0.1) is 0 Å². The number of hydrogen-bond donors (Lipinski definition) is 1. The minimum atomic E-state index is 0.769. The number of nitrogens with zero attached hydrogens (tertiary/aromatic N) is 2. The summed E-state index contributed by atoms with van der Waals surface area (Å²) in [6.45, 7) is 4.93. The third-order valence-electron chi connectivity index (χ3n) is 2.61. The van der Waals surface area contributed by atoms with E-state index < -0.39 is 0 Å². The maximum absolute atomic E-state index is 5.55. The summed E-state index contributed by atoms with van der Waals surface area (Å²) in [5.41, 5.74) is 1.25. The first kappa shape index (κ1) is 13.9. The molecule has 0 aliphatic heterocycles. The van der Waals surface area contributed by atoms with Crippen molar-refractivity contribution in [1.82, 2.24) is 15.2 Å². The Morgan fingerprint density at radius 1 is 1.21 bits per heavy atom. The first-order valence-electron chi connectivity index (χ1n) is 6.57.